The lowest BCUT2D eigenvalue weighted by molar-refractivity contribution is 0.0766. The molecule has 1 aliphatic heterocycles. The largest absolute Gasteiger partial charge is 0.368 e. The number of aromatic nitrogens is 1. The van der Waals surface area contributed by atoms with E-state index in [1.807, 2.05) is 36.1 Å². The lowest BCUT2D eigenvalue weighted by Crippen LogP contribution is -2.40. The van der Waals surface area contributed by atoms with Crippen molar-refractivity contribution in [1.82, 2.24) is 15.2 Å². The van der Waals surface area contributed by atoms with Crippen LogP contribution in [0.2, 0.25) is 5.15 Å². The first-order valence-corrected chi connectivity index (χ1v) is 14.9. The average Bonchev–Trinajstić information content (AvgIpc) is 3.25. The van der Waals surface area contributed by atoms with Crippen LogP contribution < -0.4 is 21.3 Å². The van der Waals surface area contributed by atoms with Gasteiger partial charge < -0.3 is 26.2 Å². The Morgan fingerprint density at radius 2 is 1.64 bits per heavy atom. The maximum absolute atomic E-state index is 13.3. The van der Waals surface area contributed by atoms with Gasteiger partial charge in [0.15, 0.2) is 0 Å². The quantitative estimate of drug-likeness (QED) is 0.361. The van der Waals surface area contributed by atoms with Gasteiger partial charge in [-0.3, -0.25) is 14.4 Å². The zero-order chi connectivity index (χ0) is 29.6. The summed E-state index contributed by atoms with van der Waals surface area (Å²) in [5, 5.41) is 6.55. The fraction of sp³-hybridized carbons (Fsp3) is 0.375. The van der Waals surface area contributed by atoms with Gasteiger partial charge in [0, 0.05) is 55.6 Å². The Balaban J connectivity index is 1.36. The van der Waals surface area contributed by atoms with E-state index in [1.165, 1.54) is 6.20 Å². The fourth-order valence-electron chi connectivity index (χ4n) is 5.61. The smallest absolute Gasteiger partial charge is 0.255 e. The van der Waals surface area contributed by atoms with Gasteiger partial charge in [0.05, 0.1) is 16.9 Å². The maximum Gasteiger partial charge on any atom is 0.255 e. The van der Waals surface area contributed by atoms with Gasteiger partial charge in [-0.1, -0.05) is 29.3 Å². The highest BCUT2D eigenvalue weighted by Gasteiger charge is 2.25. The number of halogens is 1. The molecule has 42 heavy (non-hydrogen) atoms. The molecular formula is C32H37ClN6O3. The SMILES string of the molecule is Cc1cccc(C(=O)Nc2cc(C(=O)NC3CCC(N)CC3)ccc2N2CCCN(C(=O)c3ccc(Cl)nc3)CC2)c1. The number of nitrogens with zero attached hydrogens (tertiary/aromatic N) is 3. The monoisotopic (exact) mass is 588 g/mol. The molecule has 5 rings (SSSR count). The molecule has 1 saturated heterocycles. The van der Waals surface area contributed by atoms with Gasteiger partial charge in [-0.05, 0) is 81.5 Å². The van der Waals surface area contributed by atoms with Crippen molar-refractivity contribution >= 4 is 40.7 Å². The third kappa shape index (κ3) is 7.27. The molecule has 0 atom stereocenters. The molecule has 10 heteroatoms. The van der Waals surface area contributed by atoms with Crippen LogP contribution >= 0.6 is 11.6 Å². The summed E-state index contributed by atoms with van der Waals surface area (Å²) in [6.45, 7) is 4.28. The minimum Gasteiger partial charge on any atom is -0.368 e. The van der Waals surface area contributed by atoms with Crippen LogP contribution in [0.3, 0.4) is 0 Å². The van der Waals surface area contributed by atoms with Gasteiger partial charge >= 0.3 is 0 Å². The number of carbonyl (C=O) groups is 3. The number of aryl methyl sites for hydroxylation is 1. The van der Waals surface area contributed by atoms with Crippen LogP contribution in [0.15, 0.2) is 60.8 Å². The van der Waals surface area contributed by atoms with Crippen LogP contribution in [-0.2, 0) is 0 Å². The molecule has 2 aliphatic rings. The van der Waals surface area contributed by atoms with Gasteiger partial charge in [-0.15, -0.1) is 0 Å². The maximum atomic E-state index is 13.3. The summed E-state index contributed by atoms with van der Waals surface area (Å²) in [6.07, 6.45) is 5.74. The average molecular weight is 589 g/mol. The summed E-state index contributed by atoms with van der Waals surface area (Å²) >= 11 is 5.90. The van der Waals surface area contributed by atoms with Crippen LogP contribution in [0.4, 0.5) is 11.4 Å². The number of nitrogens with one attached hydrogen (secondary N) is 2. The number of hydrogen-bond acceptors (Lipinski definition) is 6. The zero-order valence-corrected chi connectivity index (χ0v) is 24.6. The van der Waals surface area contributed by atoms with E-state index in [0.29, 0.717) is 53.7 Å². The normalized spacial score (nSPS) is 19.1. The van der Waals surface area contributed by atoms with Crippen molar-refractivity contribution in [3.8, 4) is 0 Å². The Labute approximate surface area is 251 Å². The van der Waals surface area contributed by atoms with Crippen molar-refractivity contribution in [1.29, 1.82) is 0 Å². The minimum atomic E-state index is -0.249. The van der Waals surface area contributed by atoms with Crippen LogP contribution in [0.1, 0.15) is 68.7 Å². The second-order valence-electron chi connectivity index (χ2n) is 11.1. The van der Waals surface area contributed by atoms with E-state index in [9.17, 15) is 14.4 Å². The van der Waals surface area contributed by atoms with Gasteiger partial charge in [-0.2, -0.15) is 0 Å². The number of nitrogens with two attached hydrogens (primary N) is 1. The highest BCUT2D eigenvalue weighted by Crippen LogP contribution is 2.30. The first-order chi connectivity index (χ1) is 20.3. The minimum absolute atomic E-state index is 0.0901. The fourth-order valence-corrected chi connectivity index (χ4v) is 5.72. The molecule has 0 radical (unpaired) electrons. The number of amides is 3. The molecule has 0 unspecified atom stereocenters. The number of rotatable bonds is 6. The molecule has 4 N–H and O–H groups in total. The van der Waals surface area contributed by atoms with Crippen LogP contribution in [0.25, 0.3) is 0 Å². The molecule has 3 amide bonds. The third-order valence-electron chi connectivity index (χ3n) is 7.99. The second-order valence-corrected chi connectivity index (χ2v) is 11.5. The molecule has 9 nitrogen and oxygen atoms in total. The summed E-state index contributed by atoms with van der Waals surface area (Å²) in [5.74, 6) is -0.511. The van der Waals surface area contributed by atoms with Gasteiger partial charge in [0.2, 0.25) is 0 Å². The second kappa shape index (κ2) is 13.4. The Hall–Kier alpha value is -3.95. The Kier molecular flexibility index (Phi) is 9.39. The predicted octanol–water partition coefficient (Wildman–Crippen LogP) is 4.65. The first-order valence-electron chi connectivity index (χ1n) is 14.5. The van der Waals surface area contributed by atoms with Crippen molar-refractivity contribution < 1.29 is 14.4 Å². The number of benzene rings is 2. The van der Waals surface area contributed by atoms with E-state index in [2.05, 4.69) is 20.5 Å². The molecule has 2 aromatic carbocycles. The zero-order valence-electron chi connectivity index (χ0n) is 23.8. The molecular weight excluding hydrogens is 552 g/mol. The first kappa shape index (κ1) is 29.5. The number of pyridine rings is 1. The Morgan fingerprint density at radius 3 is 2.38 bits per heavy atom. The standard InChI is InChI=1S/C32H37ClN6O3/c1-21-4-2-5-22(18-21)31(41)37-27-19-23(30(40)36-26-10-8-25(34)9-11-26)6-12-28(27)38-14-3-15-39(17-16-38)32(42)24-7-13-29(33)35-20-24/h2,4-7,12-13,18-20,25-26H,3,8-11,14-17,34H2,1H3,(H,36,40)(H,37,41). The third-order valence-corrected chi connectivity index (χ3v) is 8.22. The molecule has 1 aliphatic carbocycles. The lowest BCUT2D eigenvalue weighted by Gasteiger charge is -2.28. The van der Waals surface area contributed by atoms with Crippen LogP contribution in [0.5, 0.6) is 0 Å². The van der Waals surface area contributed by atoms with Crippen molar-refractivity contribution in [3.63, 3.8) is 0 Å². The van der Waals surface area contributed by atoms with Crippen molar-refractivity contribution in [2.75, 3.05) is 36.4 Å². The molecule has 0 spiro atoms. The molecule has 1 saturated carbocycles. The van der Waals surface area contributed by atoms with Gasteiger partial charge in [-0.25, -0.2) is 4.98 Å². The Morgan fingerprint density at radius 1 is 0.881 bits per heavy atom. The van der Waals surface area contributed by atoms with Crippen molar-refractivity contribution in [3.05, 3.63) is 88.2 Å². The van der Waals surface area contributed by atoms with E-state index in [1.54, 1.807) is 30.3 Å². The number of anilines is 2. The number of carbonyl (C=O) groups excluding carboxylic acids is 3. The van der Waals surface area contributed by atoms with Crippen molar-refractivity contribution in [2.45, 2.75) is 51.1 Å². The lowest BCUT2D eigenvalue weighted by atomic mass is 9.91. The molecule has 3 aromatic rings. The molecule has 1 aromatic heterocycles. The predicted molar refractivity (Wildman–Crippen MR) is 165 cm³/mol. The molecule has 2 fully saturated rings. The number of hydrogen-bond donors (Lipinski definition) is 3. The van der Waals surface area contributed by atoms with Gasteiger partial charge in [0.25, 0.3) is 17.7 Å². The summed E-state index contributed by atoms with van der Waals surface area (Å²) in [4.78, 5) is 47.7. The summed E-state index contributed by atoms with van der Waals surface area (Å²) in [5.41, 5.74) is 9.89. The van der Waals surface area contributed by atoms with Crippen molar-refractivity contribution in [2.24, 2.45) is 5.73 Å². The van der Waals surface area contributed by atoms with E-state index < -0.39 is 0 Å². The highest BCUT2D eigenvalue weighted by atomic mass is 35.5. The summed E-state index contributed by atoms with van der Waals surface area (Å²) < 4.78 is 0. The topological polar surface area (TPSA) is 121 Å². The molecule has 0 bridgehead atoms. The van der Waals surface area contributed by atoms with Crippen LogP contribution in [-0.4, -0.2) is 65.9 Å². The summed E-state index contributed by atoms with van der Waals surface area (Å²) in [6, 6.07) is 16.4. The highest BCUT2D eigenvalue weighted by molar-refractivity contribution is 6.29. The van der Waals surface area contributed by atoms with E-state index in [4.69, 9.17) is 17.3 Å². The van der Waals surface area contributed by atoms with E-state index in [0.717, 1.165) is 43.4 Å². The molecule has 2 heterocycles. The molecule has 220 valence electrons. The van der Waals surface area contributed by atoms with Gasteiger partial charge in [0.1, 0.15) is 5.15 Å². The van der Waals surface area contributed by atoms with E-state index >= 15 is 0 Å². The van der Waals surface area contributed by atoms with E-state index in [-0.39, 0.29) is 29.8 Å². The van der Waals surface area contributed by atoms with Crippen LogP contribution in [0, 0.1) is 6.92 Å². The Bertz CT molecular complexity index is 1440. The summed E-state index contributed by atoms with van der Waals surface area (Å²) in [7, 11) is 0.